The van der Waals surface area contributed by atoms with Gasteiger partial charge in [0.05, 0.1) is 34.4 Å². The van der Waals surface area contributed by atoms with Crippen LogP contribution in [0.2, 0.25) is 10.0 Å². The second kappa shape index (κ2) is 8.67. The Labute approximate surface area is 186 Å². The quantitative estimate of drug-likeness (QED) is 0.450. The summed E-state index contributed by atoms with van der Waals surface area (Å²) in [7, 11) is 1.39. The van der Waals surface area contributed by atoms with Crippen molar-refractivity contribution in [1.29, 1.82) is 0 Å². The van der Waals surface area contributed by atoms with Gasteiger partial charge in [0, 0.05) is 11.1 Å². The molecule has 4 rings (SSSR count). The van der Waals surface area contributed by atoms with Crippen LogP contribution in [-0.2, 0) is 0 Å². The van der Waals surface area contributed by atoms with Crippen molar-refractivity contribution in [2.75, 3.05) is 12.4 Å². The molecule has 0 saturated heterocycles. The first-order valence-electron chi connectivity index (χ1n) is 9.06. The maximum Gasteiger partial charge on any atom is 0.417 e. The number of carbonyl (C=O) groups excluding carboxylic acids is 1. The fraction of sp³-hybridized carbons (Fsp3) is 0.0455. The molecular formula is C22H15Cl2N3O4. The summed E-state index contributed by atoms with van der Waals surface area (Å²) in [4.78, 5) is 25.5. The molecule has 0 unspecified atom stereocenters. The molecule has 0 fully saturated rings. The largest absolute Gasteiger partial charge is 0.492 e. The average molecular weight is 456 g/mol. The van der Waals surface area contributed by atoms with Gasteiger partial charge in [0.1, 0.15) is 0 Å². The van der Waals surface area contributed by atoms with Crippen molar-refractivity contribution in [3.63, 3.8) is 0 Å². The number of para-hydroxylation sites is 1. The summed E-state index contributed by atoms with van der Waals surface area (Å²) < 4.78 is 12.1. The lowest BCUT2D eigenvalue weighted by molar-refractivity contribution is 0.213. The van der Waals surface area contributed by atoms with E-state index in [1.165, 1.54) is 23.9 Å². The van der Waals surface area contributed by atoms with Crippen molar-refractivity contribution in [2.45, 2.75) is 0 Å². The smallest absolute Gasteiger partial charge is 0.417 e. The average Bonchev–Trinajstić information content (AvgIpc) is 2.77. The lowest BCUT2D eigenvalue weighted by Crippen LogP contribution is -2.22. The van der Waals surface area contributed by atoms with Crippen molar-refractivity contribution >= 4 is 45.8 Å². The molecule has 9 heteroatoms. The fourth-order valence-corrected chi connectivity index (χ4v) is 3.34. The third-order valence-corrected chi connectivity index (χ3v) is 5.18. The summed E-state index contributed by atoms with van der Waals surface area (Å²) >= 11 is 11.9. The number of amides is 1. The van der Waals surface area contributed by atoms with Gasteiger partial charge in [0.15, 0.2) is 11.5 Å². The highest BCUT2D eigenvalue weighted by Crippen LogP contribution is 2.34. The van der Waals surface area contributed by atoms with Crippen molar-refractivity contribution in [1.82, 2.24) is 9.78 Å². The van der Waals surface area contributed by atoms with Crippen molar-refractivity contribution in [2.24, 2.45) is 0 Å². The summed E-state index contributed by atoms with van der Waals surface area (Å²) in [5.41, 5.74) is 0.589. The monoisotopic (exact) mass is 455 g/mol. The van der Waals surface area contributed by atoms with Gasteiger partial charge in [-0.15, -0.1) is 0 Å². The molecule has 4 aromatic rings. The van der Waals surface area contributed by atoms with E-state index in [1.54, 1.807) is 48.7 Å². The molecule has 0 aliphatic heterocycles. The molecule has 0 saturated carbocycles. The minimum Gasteiger partial charge on any atom is -0.492 e. The van der Waals surface area contributed by atoms with E-state index in [-0.39, 0.29) is 21.9 Å². The lowest BCUT2D eigenvalue weighted by atomic mass is 10.1. The molecule has 31 heavy (non-hydrogen) atoms. The SMILES string of the molecule is COc1c(OC(=O)Nc2ccc(Cl)c(Cl)c2)ccc2cnn(-c3ccccc3)c(=O)c12. The van der Waals surface area contributed by atoms with Crippen LogP contribution < -0.4 is 20.3 Å². The third kappa shape index (κ3) is 4.19. The molecule has 1 amide bonds. The van der Waals surface area contributed by atoms with Crippen LogP contribution in [0.15, 0.2) is 71.7 Å². The molecular weight excluding hydrogens is 441 g/mol. The number of rotatable bonds is 4. The van der Waals surface area contributed by atoms with E-state index < -0.39 is 11.7 Å². The van der Waals surface area contributed by atoms with Gasteiger partial charge in [0.2, 0.25) is 0 Å². The molecule has 1 N–H and O–H groups in total. The number of nitrogens with one attached hydrogen (secondary N) is 1. The first-order chi connectivity index (χ1) is 15.0. The van der Waals surface area contributed by atoms with Gasteiger partial charge < -0.3 is 9.47 Å². The van der Waals surface area contributed by atoms with Crippen LogP contribution in [0.1, 0.15) is 0 Å². The second-order valence-corrected chi connectivity index (χ2v) is 7.22. The zero-order valence-electron chi connectivity index (χ0n) is 16.1. The van der Waals surface area contributed by atoms with Crippen molar-refractivity contribution in [3.05, 3.63) is 87.3 Å². The van der Waals surface area contributed by atoms with Crippen LogP contribution in [0.3, 0.4) is 0 Å². The number of benzene rings is 3. The van der Waals surface area contributed by atoms with Gasteiger partial charge in [-0.05, 0) is 42.5 Å². The Morgan fingerprint density at radius 1 is 1.03 bits per heavy atom. The van der Waals surface area contributed by atoms with E-state index in [0.29, 0.717) is 21.8 Å². The maximum atomic E-state index is 13.1. The first kappa shape index (κ1) is 20.7. The van der Waals surface area contributed by atoms with E-state index in [1.807, 2.05) is 6.07 Å². The highest BCUT2D eigenvalue weighted by Gasteiger charge is 2.18. The van der Waals surface area contributed by atoms with Crippen LogP contribution in [0.25, 0.3) is 16.5 Å². The number of nitrogens with zero attached hydrogens (tertiary/aromatic N) is 2. The number of halogens is 2. The Morgan fingerprint density at radius 3 is 2.52 bits per heavy atom. The van der Waals surface area contributed by atoms with Gasteiger partial charge in [-0.25, -0.2) is 4.79 Å². The van der Waals surface area contributed by atoms with Crippen molar-refractivity contribution in [3.8, 4) is 17.2 Å². The van der Waals surface area contributed by atoms with Crippen LogP contribution in [0.5, 0.6) is 11.5 Å². The molecule has 0 aliphatic carbocycles. The van der Waals surface area contributed by atoms with E-state index in [4.69, 9.17) is 32.7 Å². The van der Waals surface area contributed by atoms with Crippen LogP contribution >= 0.6 is 23.2 Å². The first-order valence-corrected chi connectivity index (χ1v) is 9.82. The Morgan fingerprint density at radius 2 is 1.81 bits per heavy atom. The van der Waals surface area contributed by atoms with Crippen LogP contribution in [0.4, 0.5) is 10.5 Å². The lowest BCUT2D eigenvalue weighted by Gasteiger charge is -2.13. The minimum atomic E-state index is -0.784. The summed E-state index contributed by atoms with van der Waals surface area (Å²) in [5, 5.41) is 8.21. The zero-order chi connectivity index (χ0) is 22.0. The Bertz CT molecular complexity index is 1340. The normalized spacial score (nSPS) is 10.7. The third-order valence-electron chi connectivity index (χ3n) is 4.45. The standard InChI is InChI=1S/C22H15Cl2N3O4/c1-30-20-18(31-22(29)26-14-8-9-16(23)17(24)11-14)10-7-13-12-25-27(21(28)19(13)20)15-5-3-2-4-6-15/h2-12H,1H3,(H,26,29). The number of methoxy groups -OCH3 is 1. The van der Waals surface area contributed by atoms with E-state index in [2.05, 4.69) is 10.4 Å². The van der Waals surface area contributed by atoms with Gasteiger partial charge >= 0.3 is 6.09 Å². The predicted octanol–water partition coefficient (Wildman–Crippen LogP) is 5.31. The van der Waals surface area contributed by atoms with Gasteiger partial charge in [-0.1, -0.05) is 41.4 Å². The molecule has 3 aromatic carbocycles. The summed E-state index contributed by atoms with van der Waals surface area (Å²) in [5.74, 6) is 0.203. The molecule has 0 spiro atoms. The number of anilines is 1. The highest BCUT2D eigenvalue weighted by molar-refractivity contribution is 6.42. The van der Waals surface area contributed by atoms with E-state index >= 15 is 0 Å². The predicted molar refractivity (Wildman–Crippen MR) is 120 cm³/mol. The molecule has 0 bridgehead atoms. The summed E-state index contributed by atoms with van der Waals surface area (Å²) in [6, 6.07) is 16.8. The van der Waals surface area contributed by atoms with Gasteiger partial charge in [-0.3, -0.25) is 10.1 Å². The number of hydrogen-bond acceptors (Lipinski definition) is 5. The minimum absolute atomic E-state index is 0.0791. The number of hydrogen-bond donors (Lipinski definition) is 1. The molecule has 0 radical (unpaired) electrons. The number of fused-ring (bicyclic) bond motifs is 1. The zero-order valence-corrected chi connectivity index (χ0v) is 17.6. The molecule has 156 valence electrons. The molecule has 7 nitrogen and oxygen atoms in total. The number of ether oxygens (including phenoxy) is 2. The molecule has 0 atom stereocenters. The highest BCUT2D eigenvalue weighted by atomic mass is 35.5. The van der Waals surface area contributed by atoms with Crippen LogP contribution in [-0.4, -0.2) is 23.0 Å². The molecule has 0 aliphatic rings. The number of carbonyl (C=O) groups is 1. The topological polar surface area (TPSA) is 82.4 Å². The molecule has 1 heterocycles. The Hall–Kier alpha value is -3.55. The van der Waals surface area contributed by atoms with Crippen molar-refractivity contribution < 1.29 is 14.3 Å². The Balaban J connectivity index is 1.71. The second-order valence-electron chi connectivity index (χ2n) is 6.40. The van der Waals surface area contributed by atoms with Gasteiger partial charge in [0.25, 0.3) is 5.56 Å². The summed E-state index contributed by atoms with van der Waals surface area (Å²) in [6.45, 7) is 0. The maximum absolute atomic E-state index is 13.1. The van der Waals surface area contributed by atoms with E-state index in [0.717, 1.165) is 0 Å². The summed E-state index contributed by atoms with van der Waals surface area (Å²) in [6.07, 6.45) is 0.764. The number of aromatic nitrogens is 2. The van der Waals surface area contributed by atoms with E-state index in [9.17, 15) is 9.59 Å². The van der Waals surface area contributed by atoms with Crippen LogP contribution in [0, 0.1) is 0 Å². The Kier molecular flexibility index (Phi) is 5.79. The molecule has 1 aromatic heterocycles. The van der Waals surface area contributed by atoms with Gasteiger partial charge in [-0.2, -0.15) is 9.78 Å². The fourth-order valence-electron chi connectivity index (χ4n) is 3.04.